The average molecular weight is 397 g/mol. The first-order valence-corrected chi connectivity index (χ1v) is 8.58. The summed E-state index contributed by atoms with van der Waals surface area (Å²) in [5.74, 6) is 1.70. The maximum absolute atomic E-state index is 12.3. The Morgan fingerprint density at radius 3 is 2.34 bits per heavy atom. The number of methoxy groups -OCH3 is 2. The third kappa shape index (κ3) is 5.04. The van der Waals surface area contributed by atoms with Gasteiger partial charge in [-0.05, 0) is 36.4 Å². The Labute approximate surface area is 165 Å². The molecule has 0 spiro atoms. The smallest absolute Gasteiger partial charge is 0.328 e. The van der Waals surface area contributed by atoms with Gasteiger partial charge in [0.05, 0.1) is 14.2 Å². The van der Waals surface area contributed by atoms with E-state index < -0.39 is 17.2 Å². The molecule has 0 bridgehead atoms. The van der Waals surface area contributed by atoms with Crippen LogP contribution in [-0.2, 0) is 11.3 Å². The Morgan fingerprint density at radius 2 is 1.69 bits per heavy atom. The molecule has 9 nitrogen and oxygen atoms in total. The second-order valence-electron chi connectivity index (χ2n) is 5.93. The van der Waals surface area contributed by atoms with E-state index in [9.17, 15) is 14.4 Å². The first-order valence-electron chi connectivity index (χ1n) is 8.58. The molecule has 0 saturated carbocycles. The van der Waals surface area contributed by atoms with Gasteiger partial charge in [-0.25, -0.2) is 4.79 Å². The molecule has 0 radical (unpaired) electrons. The van der Waals surface area contributed by atoms with Crippen LogP contribution in [-0.4, -0.2) is 29.7 Å². The van der Waals surface area contributed by atoms with E-state index in [2.05, 4.69) is 10.3 Å². The minimum Gasteiger partial charge on any atom is -0.497 e. The Kier molecular flexibility index (Phi) is 5.98. The van der Waals surface area contributed by atoms with E-state index in [1.165, 1.54) is 19.4 Å². The molecule has 0 unspecified atom stereocenters. The summed E-state index contributed by atoms with van der Waals surface area (Å²) in [5, 5.41) is 2.68. The van der Waals surface area contributed by atoms with E-state index in [0.29, 0.717) is 28.7 Å². The number of carbonyl (C=O) groups is 1. The number of benzene rings is 2. The van der Waals surface area contributed by atoms with Crippen LogP contribution in [0.2, 0.25) is 0 Å². The molecule has 150 valence electrons. The molecule has 1 heterocycles. The van der Waals surface area contributed by atoms with Crippen molar-refractivity contribution < 1.29 is 19.0 Å². The molecule has 0 saturated heterocycles. The van der Waals surface area contributed by atoms with Gasteiger partial charge in [-0.1, -0.05) is 0 Å². The van der Waals surface area contributed by atoms with Gasteiger partial charge >= 0.3 is 5.69 Å². The Morgan fingerprint density at radius 1 is 0.966 bits per heavy atom. The summed E-state index contributed by atoms with van der Waals surface area (Å²) in [4.78, 5) is 37.2. The third-order valence-electron chi connectivity index (χ3n) is 3.95. The number of nitrogens with zero attached hydrogens (tertiary/aromatic N) is 1. The topological polar surface area (TPSA) is 112 Å². The van der Waals surface area contributed by atoms with Crippen molar-refractivity contribution >= 4 is 11.6 Å². The number of nitrogens with one attached hydrogen (secondary N) is 2. The molecule has 9 heteroatoms. The summed E-state index contributed by atoms with van der Waals surface area (Å²) >= 11 is 0. The molecule has 0 fully saturated rings. The molecule has 0 atom stereocenters. The zero-order chi connectivity index (χ0) is 20.8. The largest absolute Gasteiger partial charge is 0.497 e. The van der Waals surface area contributed by atoms with Crippen LogP contribution in [0.5, 0.6) is 23.0 Å². The Bertz CT molecular complexity index is 1120. The Hall–Kier alpha value is -4.01. The van der Waals surface area contributed by atoms with Crippen molar-refractivity contribution in [2.75, 3.05) is 19.5 Å². The third-order valence-corrected chi connectivity index (χ3v) is 3.95. The van der Waals surface area contributed by atoms with Crippen molar-refractivity contribution in [3.05, 3.63) is 75.6 Å². The Balaban J connectivity index is 1.75. The molecule has 0 aliphatic heterocycles. The standard InChI is InChI=1S/C20H19N3O6/c1-27-14-4-6-15(7-5-14)29-17-11-13(3-8-16(17)28-2)21-19(25)12-23-10-9-18(24)22-20(23)26/h3-11H,12H2,1-2H3,(H,21,25)(H,22,24,26). The molecule has 0 aliphatic rings. The zero-order valence-electron chi connectivity index (χ0n) is 15.8. The van der Waals surface area contributed by atoms with Crippen molar-refractivity contribution in [2.24, 2.45) is 0 Å². The number of hydrogen-bond acceptors (Lipinski definition) is 6. The van der Waals surface area contributed by atoms with Gasteiger partial charge in [-0.15, -0.1) is 0 Å². The maximum atomic E-state index is 12.3. The fraction of sp³-hybridized carbons (Fsp3) is 0.150. The first kappa shape index (κ1) is 19.7. The number of ether oxygens (including phenoxy) is 3. The van der Waals surface area contributed by atoms with Crippen molar-refractivity contribution in [2.45, 2.75) is 6.54 Å². The molecule has 29 heavy (non-hydrogen) atoms. The van der Waals surface area contributed by atoms with Crippen LogP contribution >= 0.6 is 0 Å². The maximum Gasteiger partial charge on any atom is 0.328 e. The predicted octanol–water partition coefficient (Wildman–Crippen LogP) is 1.98. The van der Waals surface area contributed by atoms with Crippen LogP contribution in [0.25, 0.3) is 0 Å². The molecule has 2 aromatic carbocycles. The number of carbonyl (C=O) groups excluding carboxylic acids is 1. The second kappa shape index (κ2) is 8.79. The molecule has 1 amide bonds. The summed E-state index contributed by atoms with van der Waals surface area (Å²) < 4.78 is 17.4. The number of anilines is 1. The molecule has 3 rings (SSSR count). The summed E-state index contributed by atoms with van der Waals surface area (Å²) in [7, 11) is 3.09. The van der Waals surface area contributed by atoms with Gasteiger partial charge in [-0.3, -0.25) is 19.1 Å². The fourth-order valence-corrected chi connectivity index (χ4v) is 2.53. The summed E-state index contributed by atoms with van der Waals surface area (Å²) in [6.45, 7) is -0.254. The van der Waals surface area contributed by atoms with Crippen LogP contribution in [0.4, 0.5) is 5.69 Å². The van der Waals surface area contributed by atoms with Crippen molar-refractivity contribution in [1.82, 2.24) is 9.55 Å². The van der Waals surface area contributed by atoms with Gasteiger partial charge in [0.25, 0.3) is 5.56 Å². The van der Waals surface area contributed by atoms with Crippen LogP contribution < -0.4 is 30.8 Å². The second-order valence-corrected chi connectivity index (χ2v) is 5.93. The van der Waals surface area contributed by atoms with Crippen LogP contribution in [0.15, 0.2) is 64.3 Å². The zero-order valence-corrected chi connectivity index (χ0v) is 15.8. The number of H-pyrrole nitrogens is 1. The van der Waals surface area contributed by atoms with E-state index in [1.54, 1.807) is 49.6 Å². The minimum atomic E-state index is -0.661. The van der Waals surface area contributed by atoms with Crippen LogP contribution in [0.3, 0.4) is 0 Å². The van der Waals surface area contributed by atoms with E-state index in [4.69, 9.17) is 14.2 Å². The highest BCUT2D eigenvalue weighted by atomic mass is 16.5. The highest BCUT2D eigenvalue weighted by Crippen LogP contribution is 2.34. The quantitative estimate of drug-likeness (QED) is 0.631. The molecule has 0 aliphatic carbocycles. The lowest BCUT2D eigenvalue weighted by molar-refractivity contribution is -0.116. The summed E-state index contributed by atoms with van der Waals surface area (Å²) in [6, 6.07) is 13.1. The molecular weight excluding hydrogens is 378 g/mol. The van der Waals surface area contributed by atoms with E-state index >= 15 is 0 Å². The van der Waals surface area contributed by atoms with Gasteiger partial charge in [0.2, 0.25) is 5.91 Å². The summed E-state index contributed by atoms with van der Waals surface area (Å²) in [6.07, 6.45) is 1.26. The van der Waals surface area contributed by atoms with Crippen LogP contribution in [0, 0.1) is 0 Å². The van der Waals surface area contributed by atoms with Gasteiger partial charge in [-0.2, -0.15) is 0 Å². The lowest BCUT2D eigenvalue weighted by Crippen LogP contribution is -2.32. The number of rotatable bonds is 7. The highest BCUT2D eigenvalue weighted by molar-refractivity contribution is 5.90. The number of hydrogen-bond donors (Lipinski definition) is 2. The van der Waals surface area contributed by atoms with E-state index in [-0.39, 0.29) is 6.54 Å². The average Bonchev–Trinajstić information content (AvgIpc) is 2.71. The van der Waals surface area contributed by atoms with Gasteiger partial charge < -0.3 is 19.5 Å². The fourth-order valence-electron chi connectivity index (χ4n) is 2.53. The predicted molar refractivity (Wildman–Crippen MR) is 106 cm³/mol. The normalized spacial score (nSPS) is 10.3. The van der Waals surface area contributed by atoms with Crippen LogP contribution in [0.1, 0.15) is 0 Å². The SMILES string of the molecule is COc1ccc(Oc2cc(NC(=O)Cn3ccc(=O)[nH]c3=O)ccc2OC)cc1. The van der Waals surface area contributed by atoms with Gasteiger partial charge in [0.1, 0.15) is 18.0 Å². The number of amides is 1. The van der Waals surface area contributed by atoms with Crippen molar-refractivity contribution in [3.63, 3.8) is 0 Å². The minimum absolute atomic E-state index is 0.254. The monoisotopic (exact) mass is 397 g/mol. The molecule has 2 N–H and O–H groups in total. The lowest BCUT2D eigenvalue weighted by atomic mass is 10.2. The van der Waals surface area contributed by atoms with Gasteiger partial charge in [0.15, 0.2) is 11.5 Å². The number of aromatic amines is 1. The lowest BCUT2D eigenvalue weighted by Gasteiger charge is -2.13. The molecule has 1 aromatic heterocycles. The molecular formula is C20H19N3O6. The van der Waals surface area contributed by atoms with Crippen molar-refractivity contribution in [1.29, 1.82) is 0 Å². The van der Waals surface area contributed by atoms with E-state index in [1.807, 2.05) is 0 Å². The number of aromatic nitrogens is 2. The summed E-state index contributed by atoms with van der Waals surface area (Å²) in [5.41, 5.74) is -0.732. The van der Waals surface area contributed by atoms with E-state index in [0.717, 1.165) is 4.57 Å². The van der Waals surface area contributed by atoms with Gasteiger partial charge in [0, 0.05) is 24.0 Å². The van der Waals surface area contributed by atoms with Crippen molar-refractivity contribution in [3.8, 4) is 23.0 Å². The first-order chi connectivity index (χ1) is 14.0. The highest BCUT2D eigenvalue weighted by Gasteiger charge is 2.11. The molecule has 3 aromatic rings.